The van der Waals surface area contributed by atoms with Crippen LogP contribution in [0.2, 0.25) is 0 Å². The van der Waals surface area contributed by atoms with Crippen LogP contribution in [0.3, 0.4) is 0 Å². The maximum atomic E-state index is 13.4. The maximum Gasteiger partial charge on any atom is 0.235 e. The lowest BCUT2D eigenvalue weighted by atomic mass is 9.94. The van der Waals surface area contributed by atoms with Gasteiger partial charge in [-0.3, -0.25) is 19.3 Å². The second-order valence-electron chi connectivity index (χ2n) is 7.60. The van der Waals surface area contributed by atoms with E-state index in [1.165, 1.54) is 4.90 Å². The quantitative estimate of drug-likeness (QED) is 0.815. The molecule has 0 aromatic carbocycles. The van der Waals surface area contributed by atoms with Crippen molar-refractivity contribution in [1.82, 2.24) is 15.1 Å². The average molecular weight is 375 g/mol. The smallest absolute Gasteiger partial charge is 0.235 e. The summed E-state index contributed by atoms with van der Waals surface area (Å²) in [5.41, 5.74) is 0. The lowest BCUT2D eigenvalue weighted by molar-refractivity contribution is -0.151. The van der Waals surface area contributed by atoms with Gasteiger partial charge in [-0.1, -0.05) is 6.07 Å². The Morgan fingerprint density at radius 2 is 2.08 bits per heavy atom. The summed E-state index contributed by atoms with van der Waals surface area (Å²) in [6, 6.07) is 3.69. The van der Waals surface area contributed by atoms with Crippen LogP contribution in [0.25, 0.3) is 0 Å². The van der Waals surface area contributed by atoms with Gasteiger partial charge in [0.05, 0.1) is 17.9 Å². The van der Waals surface area contributed by atoms with Gasteiger partial charge in [-0.15, -0.1) is 11.3 Å². The molecule has 3 amide bonds. The molecule has 3 atom stereocenters. The third kappa shape index (κ3) is 3.18. The van der Waals surface area contributed by atoms with E-state index in [4.69, 9.17) is 0 Å². The first-order chi connectivity index (χ1) is 12.6. The Hall–Kier alpha value is -1.73. The highest BCUT2D eigenvalue weighted by molar-refractivity contribution is 7.10. The highest BCUT2D eigenvalue weighted by Gasteiger charge is 2.49. The summed E-state index contributed by atoms with van der Waals surface area (Å²) >= 11 is 1.56. The molecule has 2 aliphatic heterocycles. The van der Waals surface area contributed by atoms with Crippen LogP contribution in [0.4, 0.5) is 0 Å². The minimum atomic E-state index is -0.466. The molecule has 1 saturated carbocycles. The zero-order chi connectivity index (χ0) is 18.3. The summed E-state index contributed by atoms with van der Waals surface area (Å²) in [5, 5.41) is 5.23. The Bertz CT molecular complexity index is 695. The van der Waals surface area contributed by atoms with Crippen molar-refractivity contribution in [3.05, 3.63) is 22.4 Å². The highest BCUT2D eigenvalue weighted by atomic mass is 32.1. The Labute approximate surface area is 157 Å². The monoisotopic (exact) mass is 375 g/mol. The van der Waals surface area contributed by atoms with Crippen LogP contribution in [0, 0.1) is 11.8 Å². The molecule has 3 heterocycles. The first kappa shape index (κ1) is 17.7. The van der Waals surface area contributed by atoms with Gasteiger partial charge in [-0.2, -0.15) is 0 Å². The standard InChI is InChI=1S/C19H25N3O3S/c1-21-16(23)10-14(17(21)15-5-3-9-26-15)19(25)22(13-6-7-13)18(24)12-4-2-8-20-11-12/h3,5,9,12-14,17,20H,2,4,6-8,10-11H2,1H3. The van der Waals surface area contributed by atoms with Gasteiger partial charge >= 0.3 is 0 Å². The van der Waals surface area contributed by atoms with Gasteiger partial charge < -0.3 is 10.2 Å². The normalized spacial score (nSPS) is 29.0. The summed E-state index contributed by atoms with van der Waals surface area (Å²) in [5.74, 6) is -0.810. The summed E-state index contributed by atoms with van der Waals surface area (Å²) in [4.78, 5) is 43.1. The fourth-order valence-electron chi connectivity index (χ4n) is 4.18. The van der Waals surface area contributed by atoms with Crippen molar-refractivity contribution in [1.29, 1.82) is 0 Å². The molecule has 3 unspecified atom stereocenters. The third-order valence-electron chi connectivity index (χ3n) is 5.77. The van der Waals surface area contributed by atoms with E-state index in [-0.39, 0.29) is 42.1 Å². The lowest BCUT2D eigenvalue weighted by Crippen LogP contribution is -2.49. The molecular weight excluding hydrogens is 350 g/mol. The van der Waals surface area contributed by atoms with E-state index in [0.717, 1.165) is 37.1 Å². The number of imide groups is 1. The molecule has 2 saturated heterocycles. The second kappa shape index (κ2) is 7.12. The first-order valence-electron chi connectivity index (χ1n) is 9.44. The van der Waals surface area contributed by atoms with Crippen molar-refractivity contribution in [2.24, 2.45) is 11.8 Å². The Kier molecular flexibility index (Phi) is 4.84. The molecule has 140 valence electrons. The van der Waals surface area contributed by atoms with Gasteiger partial charge in [-0.05, 0) is 43.7 Å². The van der Waals surface area contributed by atoms with Crippen molar-refractivity contribution in [3.63, 3.8) is 0 Å². The fourth-order valence-corrected chi connectivity index (χ4v) is 5.11. The SMILES string of the molecule is CN1C(=O)CC(C(=O)N(C(=O)C2CCCNC2)C2CC2)C1c1cccs1. The Balaban J connectivity index is 1.59. The number of amides is 3. The van der Waals surface area contributed by atoms with Crippen LogP contribution in [0.1, 0.15) is 43.0 Å². The number of hydrogen-bond acceptors (Lipinski definition) is 5. The number of carbonyl (C=O) groups excluding carboxylic acids is 3. The summed E-state index contributed by atoms with van der Waals surface area (Å²) in [7, 11) is 1.76. The number of carbonyl (C=O) groups is 3. The molecule has 1 aliphatic carbocycles. The van der Waals surface area contributed by atoms with E-state index in [0.29, 0.717) is 6.54 Å². The molecule has 3 aliphatic rings. The van der Waals surface area contributed by atoms with Gasteiger partial charge in [-0.25, -0.2) is 0 Å². The number of hydrogen-bond donors (Lipinski definition) is 1. The molecule has 1 N–H and O–H groups in total. The minimum Gasteiger partial charge on any atom is -0.337 e. The summed E-state index contributed by atoms with van der Waals surface area (Å²) in [6.07, 6.45) is 3.76. The molecule has 6 nitrogen and oxygen atoms in total. The molecule has 1 aromatic heterocycles. The molecule has 3 fully saturated rings. The number of likely N-dealkylation sites (tertiary alicyclic amines) is 1. The predicted octanol–water partition coefficient (Wildman–Crippen LogP) is 1.78. The van der Waals surface area contributed by atoms with Crippen molar-refractivity contribution in [2.75, 3.05) is 20.1 Å². The van der Waals surface area contributed by atoms with Gasteiger partial charge in [0.15, 0.2) is 0 Å². The molecule has 26 heavy (non-hydrogen) atoms. The number of rotatable bonds is 4. The molecule has 7 heteroatoms. The maximum absolute atomic E-state index is 13.4. The van der Waals surface area contributed by atoms with Gasteiger partial charge in [0.25, 0.3) is 0 Å². The number of nitrogens with one attached hydrogen (secondary N) is 1. The van der Waals surface area contributed by atoms with E-state index in [1.807, 2.05) is 17.5 Å². The van der Waals surface area contributed by atoms with Gasteiger partial charge in [0.1, 0.15) is 0 Å². The van der Waals surface area contributed by atoms with Crippen molar-refractivity contribution in [2.45, 2.75) is 44.2 Å². The van der Waals surface area contributed by atoms with E-state index >= 15 is 0 Å². The van der Waals surface area contributed by atoms with Crippen molar-refractivity contribution >= 4 is 29.1 Å². The van der Waals surface area contributed by atoms with Gasteiger partial charge in [0.2, 0.25) is 17.7 Å². The first-order valence-corrected chi connectivity index (χ1v) is 10.3. The van der Waals surface area contributed by atoms with Crippen molar-refractivity contribution < 1.29 is 14.4 Å². The van der Waals surface area contributed by atoms with Crippen LogP contribution in [-0.4, -0.2) is 53.7 Å². The molecule has 0 bridgehead atoms. The van der Waals surface area contributed by atoms with E-state index in [1.54, 1.807) is 23.3 Å². The molecule has 0 spiro atoms. The van der Waals surface area contributed by atoms with Crippen LogP contribution >= 0.6 is 11.3 Å². The zero-order valence-corrected chi connectivity index (χ0v) is 15.8. The topological polar surface area (TPSA) is 69.7 Å². The summed E-state index contributed by atoms with van der Waals surface area (Å²) in [6.45, 7) is 1.58. The number of nitrogens with zero attached hydrogens (tertiary/aromatic N) is 2. The molecule has 0 radical (unpaired) electrons. The van der Waals surface area contributed by atoms with Crippen LogP contribution in [0.15, 0.2) is 17.5 Å². The van der Waals surface area contributed by atoms with Crippen LogP contribution in [0.5, 0.6) is 0 Å². The van der Waals surface area contributed by atoms with E-state index in [9.17, 15) is 14.4 Å². The number of piperidine rings is 1. The summed E-state index contributed by atoms with van der Waals surface area (Å²) < 4.78 is 0. The lowest BCUT2D eigenvalue weighted by Gasteiger charge is -2.32. The van der Waals surface area contributed by atoms with Crippen LogP contribution < -0.4 is 5.32 Å². The fraction of sp³-hybridized carbons (Fsp3) is 0.632. The predicted molar refractivity (Wildman–Crippen MR) is 98.4 cm³/mol. The highest BCUT2D eigenvalue weighted by Crippen LogP contribution is 2.42. The molecular formula is C19H25N3O3S. The molecule has 1 aromatic rings. The second-order valence-corrected chi connectivity index (χ2v) is 8.58. The Morgan fingerprint density at radius 3 is 2.69 bits per heavy atom. The van der Waals surface area contributed by atoms with Crippen LogP contribution in [-0.2, 0) is 14.4 Å². The van der Waals surface area contributed by atoms with E-state index in [2.05, 4.69) is 5.32 Å². The van der Waals surface area contributed by atoms with E-state index < -0.39 is 5.92 Å². The third-order valence-corrected chi connectivity index (χ3v) is 6.71. The number of thiophene rings is 1. The average Bonchev–Trinajstić information content (AvgIpc) is 3.24. The Morgan fingerprint density at radius 1 is 1.27 bits per heavy atom. The molecule has 4 rings (SSSR count). The largest absolute Gasteiger partial charge is 0.337 e. The zero-order valence-electron chi connectivity index (χ0n) is 15.0. The van der Waals surface area contributed by atoms with Crippen molar-refractivity contribution in [3.8, 4) is 0 Å². The minimum absolute atomic E-state index is 0.0238. The van der Waals surface area contributed by atoms with Gasteiger partial charge in [0, 0.05) is 30.9 Å².